The van der Waals surface area contributed by atoms with E-state index in [0.717, 1.165) is 38.5 Å². The second-order valence-corrected chi connectivity index (χ2v) is 8.87. The molecule has 0 spiro atoms. The lowest BCUT2D eigenvalue weighted by Crippen LogP contribution is -2.53. The molecule has 2 aliphatic heterocycles. The molecule has 1 aromatic heterocycles. The molecular weight excluding hydrogens is 396 g/mol. The van der Waals surface area contributed by atoms with Crippen LogP contribution in [-0.2, 0) is 6.54 Å². The minimum atomic E-state index is -0.00510. The van der Waals surface area contributed by atoms with Crippen LogP contribution in [0.2, 0.25) is 5.02 Å². The van der Waals surface area contributed by atoms with Gasteiger partial charge in [-0.25, -0.2) is 4.98 Å². The molecule has 0 amide bonds. The third kappa shape index (κ3) is 4.94. The fourth-order valence-electron chi connectivity index (χ4n) is 4.50. The minimum absolute atomic E-state index is 0.00510. The van der Waals surface area contributed by atoms with Crippen molar-refractivity contribution in [3.63, 3.8) is 0 Å². The lowest BCUT2D eigenvalue weighted by Gasteiger charge is -2.43. The van der Waals surface area contributed by atoms with Gasteiger partial charge >= 0.3 is 0 Å². The van der Waals surface area contributed by atoms with Crippen LogP contribution in [0.1, 0.15) is 29.5 Å². The normalized spacial score (nSPS) is 19.2. The molecule has 0 atom stereocenters. The van der Waals surface area contributed by atoms with Gasteiger partial charge in [-0.05, 0) is 44.5 Å². The average molecular weight is 427 g/mol. The number of halogens is 1. The van der Waals surface area contributed by atoms with E-state index in [9.17, 15) is 0 Å². The van der Waals surface area contributed by atoms with Crippen LogP contribution in [0.15, 0.2) is 36.5 Å². The molecule has 0 saturated carbocycles. The zero-order valence-electron chi connectivity index (χ0n) is 17.6. The van der Waals surface area contributed by atoms with Gasteiger partial charge in [-0.15, -0.1) is 0 Å². The summed E-state index contributed by atoms with van der Waals surface area (Å²) in [7, 11) is 0. The number of aryl methyl sites for hydroxylation is 1. The molecule has 6 nitrogen and oxygen atoms in total. The molecule has 2 saturated heterocycles. The van der Waals surface area contributed by atoms with Crippen molar-refractivity contribution < 1.29 is 0 Å². The summed E-state index contributed by atoms with van der Waals surface area (Å²) < 4.78 is 0. The summed E-state index contributed by atoms with van der Waals surface area (Å²) in [6.07, 6.45) is 4.11. The van der Waals surface area contributed by atoms with Crippen molar-refractivity contribution in [3.8, 4) is 0 Å². The maximum absolute atomic E-state index is 7.53. The number of nitrogens with zero attached hydrogens (tertiary/aromatic N) is 4. The highest BCUT2D eigenvalue weighted by Gasteiger charge is 2.28. The van der Waals surface area contributed by atoms with Crippen LogP contribution < -0.4 is 10.6 Å². The van der Waals surface area contributed by atoms with Gasteiger partial charge in [0.2, 0.25) is 0 Å². The predicted octanol–water partition coefficient (Wildman–Crippen LogP) is 3.11. The van der Waals surface area contributed by atoms with Gasteiger partial charge in [0.15, 0.2) is 0 Å². The van der Waals surface area contributed by atoms with Gasteiger partial charge in [0, 0.05) is 50.5 Å². The van der Waals surface area contributed by atoms with Crippen LogP contribution in [0.3, 0.4) is 0 Å². The molecule has 3 N–H and O–H groups in total. The number of benzene rings is 1. The molecule has 0 unspecified atom stereocenters. The summed E-state index contributed by atoms with van der Waals surface area (Å²) in [4.78, 5) is 11.9. The van der Waals surface area contributed by atoms with E-state index in [1.165, 1.54) is 37.1 Å². The Morgan fingerprint density at radius 2 is 1.77 bits per heavy atom. The zero-order chi connectivity index (χ0) is 21.1. The molecule has 30 heavy (non-hydrogen) atoms. The quantitative estimate of drug-likeness (QED) is 0.567. The summed E-state index contributed by atoms with van der Waals surface area (Å²) in [5, 5.41) is 8.10. The fraction of sp³-hybridized carbons (Fsp3) is 0.478. The zero-order valence-corrected chi connectivity index (χ0v) is 18.4. The third-order valence-electron chi connectivity index (χ3n) is 6.35. The number of hydrogen-bond donors (Lipinski definition) is 2. The highest BCUT2D eigenvalue weighted by molar-refractivity contribution is 6.33. The van der Waals surface area contributed by atoms with Crippen molar-refractivity contribution in [2.75, 3.05) is 44.2 Å². The number of likely N-dealkylation sites (tertiary alicyclic amines) is 1. The van der Waals surface area contributed by atoms with Gasteiger partial charge in [0.1, 0.15) is 11.7 Å². The highest BCUT2D eigenvalue weighted by atomic mass is 35.5. The number of aromatic nitrogens is 1. The van der Waals surface area contributed by atoms with Crippen LogP contribution in [0.4, 0.5) is 5.82 Å². The Kier molecular flexibility index (Phi) is 6.56. The molecule has 7 heteroatoms. The highest BCUT2D eigenvalue weighted by Crippen LogP contribution is 2.26. The molecule has 1 aromatic carbocycles. The molecule has 2 aliphatic rings. The maximum Gasteiger partial charge on any atom is 0.147 e. The fourth-order valence-corrected chi connectivity index (χ4v) is 4.79. The Morgan fingerprint density at radius 1 is 1.10 bits per heavy atom. The summed E-state index contributed by atoms with van der Waals surface area (Å²) >= 11 is 6.41. The van der Waals surface area contributed by atoms with E-state index in [2.05, 4.69) is 50.9 Å². The molecule has 0 aliphatic carbocycles. The summed E-state index contributed by atoms with van der Waals surface area (Å²) in [6.45, 7) is 9.45. The Labute approximate surface area is 184 Å². The summed E-state index contributed by atoms with van der Waals surface area (Å²) in [5.41, 5.74) is 8.83. The first-order valence-electron chi connectivity index (χ1n) is 10.8. The van der Waals surface area contributed by atoms with E-state index in [1.54, 1.807) is 12.3 Å². The summed E-state index contributed by atoms with van der Waals surface area (Å²) in [6, 6.07) is 11.3. The first-order chi connectivity index (χ1) is 14.5. The van der Waals surface area contributed by atoms with Crippen LogP contribution in [-0.4, -0.2) is 65.9 Å². The number of rotatable bonds is 5. The van der Waals surface area contributed by atoms with Gasteiger partial charge in [-0.3, -0.25) is 15.2 Å². The predicted molar refractivity (Wildman–Crippen MR) is 124 cm³/mol. The Balaban J connectivity index is 1.26. The Hall–Kier alpha value is -2.15. The van der Waals surface area contributed by atoms with E-state index < -0.39 is 0 Å². The molecule has 3 heterocycles. The molecule has 0 bridgehead atoms. The Bertz CT molecular complexity index is 868. The number of nitrogens with one attached hydrogen (secondary N) is 1. The van der Waals surface area contributed by atoms with Crippen LogP contribution >= 0.6 is 11.6 Å². The van der Waals surface area contributed by atoms with Crippen LogP contribution in [0.5, 0.6) is 0 Å². The monoisotopic (exact) mass is 426 g/mol. The van der Waals surface area contributed by atoms with E-state index in [1.807, 2.05) is 0 Å². The number of hydrogen-bond acceptors (Lipinski definition) is 5. The van der Waals surface area contributed by atoms with Gasteiger partial charge < -0.3 is 10.6 Å². The van der Waals surface area contributed by atoms with E-state index in [-0.39, 0.29) is 5.84 Å². The van der Waals surface area contributed by atoms with Gasteiger partial charge in [0.25, 0.3) is 0 Å². The second-order valence-electron chi connectivity index (χ2n) is 8.46. The number of amidine groups is 1. The van der Waals surface area contributed by atoms with E-state index >= 15 is 0 Å². The number of nitrogens with two attached hydrogens (primary N) is 1. The number of pyridine rings is 1. The average Bonchev–Trinajstić information content (AvgIpc) is 2.76. The van der Waals surface area contributed by atoms with Crippen molar-refractivity contribution in [3.05, 3.63) is 58.2 Å². The third-order valence-corrected chi connectivity index (χ3v) is 6.62. The first kappa shape index (κ1) is 21.1. The maximum atomic E-state index is 7.53. The minimum Gasteiger partial charge on any atom is -0.384 e. The smallest absolute Gasteiger partial charge is 0.147 e. The molecule has 0 radical (unpaired) electrons. The number of piperazine rings is 1. The van der Waals surface area contributed by atoms with Crippen LogP contribution in [0, 0.1) is 12.3 Å². The van der Waals surface area contributed by atoms with Crippen molar-refractivity contribution in [1.29, 1.82) is 5.41 Å². The lowest BCUT2D eigenvalue weighted by atomic mass is 10.0. The largest absolute Gasteiger partial charge is 0.384 e. The topological polar surface area (TPSA) is 72.5 Å². The number of anilines is 1. The number of piperidine rings is 1. The first-order valence-corrected chi connectivity index (χ1v) is 11.1. The van der Waals surface area contributed by atoms with Gasteiger partial charge in [-0.2, -0.15) is 0 Å². The van der Waals surface area contributed by atoms with E-state index in [4.69, 9.17) is 22.7 Å². The number of nitrogen functional groups attached to an aromatic ring is 1. The van der Waals surface area contributed by atoms with Crippen molar-refractivity contribution in [1.82, 2.24) is 14.8 Å². The van der Waals surface area contributed by atoms with Crippen molar-refractivity contribution >= 4 is 23.3 Å². The van der Waals surface area contributed by atoms with Gasteiger partial charge in [0.05, 0.1) is 5.02 Å². The van der Waals surface area contributed by atoms with Crippen molar-refractivity contribution in [2.24, 2.45) is 5.73 Å². The SMILES string of the molecule is Cc1ccc(CN2CCC(N3CCN(c4ncc(C(=N)N)cc4Cl)CC3)CC2)cc1. The molecule has 2 aromatic rings. The molecule has 160 valence electrons. The molecule has 4 rings (SSSR count). The second kappa shape index (κ2) is 9.33. The van der Waals surface area contributed by atoms with E-state index in [0.29, 0.717) is 16.6 Å². The lowest BCUT2D eigenvalue weighted by molar-refractivity contribution is 0.0997. The summed E-state index contributed by atoms with van der Waals surface area (Å²) in [5.74, 6) is 0.795. The van der Waals surface area contributed by atoms with Crippen LogP contribution in [0.25, 0.3) is 0 Å². The van der Waals surface area contributed by atoms with Gasteiger partial charge in [-0.1, -0.05) is 41.4 Å². The molecular formula is C23H31ClN6. The standard InChI is InChI=1S/C23H31ClN6/c1-17-2-4-18(5-3-17)16-28-8-6-20(7-9-28)29-10-12-30(13-11-29)23-21(24)14-19(15-27-23)22(25)26/h2-5,14-15,20H,6-13,16H2,1H3,(H3,25,26). The Morgan fingerprint density at radius 3 is 2.37 bits per heavy atom. The van der Waals surface area contributed by atoms with Crippen molar-refractivity contribution in [2.45, 2.75) is 32.4 Å². The molecule has 2 fully saturated rings.